The number of nitrogens with zero attached hydrogens (tertiary/aromatic N) is 1. The van der Waals surface area contributed by atoms with Crippen molar-refractivity contribution < 1.29 is 22.7 Å². The molecule has 2 amide bonds. The fourth-order valence-corrected chi connectivity index (χ4v) is 4.25. The number of hydrogen-bond donors (Lipinski definition) is 2. The van der Waals surface area contributed by atoms with Gasteiger partial charge in [0, 0.05) is 24.3 Å². The van der Waals surface area contributed by atoms with Crippen LogP contribution >= 0.6 is 0 Å². The maximum atomic E-state index is 12.7. The molecule has 8 nitrogen and oxygen atoms in total. The molecule has 0 saturated carbocycles. The van der Waals surface area contributed by atoms with Gasteiger partial charge in [-0.1, -0.05) is 6.92 Å². The molecule has 29 heavy (non-hydrogen) atoms. The van der Waals surface area contributed by atoms with Crippen molar-refractivity contribution in [2.75, 3.05) is 23.9 Å². The minimum atomic E-state index is -3.87. The van der Waals surface area contributed by atoms with E-state index in [1.165, 1.54) is 24.3 Å². The molecule has 3 rings (SSSR count). The topological polar surface area (TPSA) is 105 Å². The fourth-order valence-electron chi connectivity index (χ4n) is 3.03. The number of benzene rings is 2. The zero-order valence-corrected chi connectivity index (χ0v) is 17.0. The second-order valence-electron chi connectivity index (χ2n) is 6.58. The number of carbonyl (C=O) groups excluding carboxylic acids is 2. The van der Waals surface area contributed by atoms with E-state index in [4.69, 9.17) is 4.74 Å². The van der Waals surface area contributed by atoms with E-state index in [1.807, 2.05) is 0 Å². The highest BCUT2D eigenvalue weighted by atomic mass is 32.2. The molecule has 1 saturated heterocycles. The summed E-state index contributed by atoms with van der Waals surface area (Å²) in [6.45, 7) is 2.15. The van der Waals surface area contributed by atoms with Gasteiger partial charge in [0.1, 0.15) is 11.8 Å². The number of carbonyl (C=O) groups is 2. The van der Waals surface area contributed by atoms with E-state index in [-0.39, 0.29) is 16.7 Å². The van der Waals surface area contributed by atoms with Crippen molar-refractivity contribution in [2.24, 2.45) is 0 Å². The highest BCUT2D eigenvalue weighted by Gasteiger charge is 2.35. The molecule has 154 valence electrons. The van der Waals surface area contributed by atoms with Gasteiger partial charge in [0.05, 0.1) is 12.0 Å². The quantitative estimate of drug-likeness (QED) is 0.718. The van der Waals surface area contributed by atoms with Crippen LogP contribution in [0.15, 0.2) is 53.4 Å². The van der Waals surface area contributed by atoms with Crippen LogP contribution in [-0.4, -0.2) is 39.9 Å². The summed E-state index contributed by atoms with van der Waals surface area (Å²) in [5.41, 5.74) is 1.20. The molecule has 2 aromatic carbocycles. The van der Waals surface area contributed by atoms with Gasteiger partial charge in [-0.3, -0.25) is 9.59 Å². The van der Waals surface area contributed by atoms with Crippen molar-refractivity contribution in [3.8, 4) is 5.75 Å². The molecule has 1 atom stereocenters. The molecule has 0 aromatic heterocycles. The highest BCUT2D eigenvalue weighted by molar-refractivity contribution is 7.89. The number of methoxy groups -OCH3 is 1. The summed E-state index contributed by atoms with van der Waals surface area (Å²) in [7, 11) is -2.31. The first-order valence-electron chi connectivity index (χ1n) is 9.21. The van der Waals surface area contributed by atoms with Gasteiger partial charge in [-0.15, -0.1) is 0 Å². The zero-order valence-electron chi connectivity index (χ0n) is 16.2. The van der Waals surface area contributed by atoms with Crippen LogP contribution in [0.25, 0.3) is 0 Å². The minimum Gasteiger partial charge on any atom is -0.497 e. The average Bonchev–Trinajstić information content (AvgIpc) is 3.08. The molecule has 1 aliphatic heterocycles. The number of nitrogens with one attached hydrogen (secondary N) is 2. The molecule has 0 aliphatic carbocycles. The summed E-state index contributed by atoms with van der Waals surface area (Å²) in [5.74, 6) is 0.218. The Morgan fingerprint density at radius 2 is 1.79 bits per heavy atom. The normalized spacial score (nSPS) is 16.7. The molecule has 0 unspecified atom stereocenters. The summed E-state index contributed by atoms with van der Waals surface area (Å²) in [6, 6.07) is 12.0. The SMILES string of the molecule is CCC(=O)Nc1ccc(S(=O)(=O)N[C@H]2CCN(c3ccc(OC)cc3)C2=O)cc1. The van der Waals surface area contributed by atoms with Crippen LogP contribution in [0.5, 0.6) is 5.75 Å². The van der Waals surface area contributed by atoms with E-state index in [0.29, 0.717) is 36.5 Å². The van der Waals surface area contributed by atoms with Gasteiger partial charge in [0.15, 0.2) is 0 Å². The summed E-state index contributed by atoms with van der Waals surface area (Å²) in [4.78, 5) is 25.7. The Bertz CT molecular complexity index is 988. The zero-order chi connectivity index (χ0) is 21.0. The van der Waals surface area contributed by atoms with E-state index in [0.717, 1.165) is 0 Å². The van der Waals surface area contributed by atoms with E-state index in [2.05, 4.69) is 10.0 Å². The van der Waals surface area contributed by atoms with Gasteiger partial charge in [0.2, 0.25) is 21.8 Å². The molecule has 0 radical (unpaired) electrons. The van der Waals surface area contributed by atoms with Crippen LogP contribution in [0, 0.1) is 0 Å². The van der Waals surface area contributed by atoms with Crippen LogP contribution in [0.4, 0.5) is 11.4 Å². The Balaban J connectivity index is 1.68. The third kappa shape index (κ3) is 4.75. The van der Waals surface area contributed by atoms with Gasteiger partial charge in [-0.05, 0) is 55.0 Å². The predicted molar refractivity (Wildman–Crippen MR) is 109 cm³/mol. The lowest BCUT2D eigenvalue weighted by atomic mass is 10.2. The highest BCUT2D eigenvalue weighted by Crippen LogP contribution is 2.25. The molecule has 0 spiro atoms. The summed E-state index contributed by atoms with van der Waals surface area (Å²) >= 11 is 0. The smallest absolute Gasteiger partial charge is 0.245 e. The molecular formula is C20H23N3O5S. The lowest BCUT2D eigenvalue weighted by Gasteiger charge is -2.17. The van der Waals surface area contributed by atoms with Gasteiger partial charge in [-0.2, -0.15) is 4.72 Å². The van der Waals surface area contributed by atoms with Crippen molar-refractivity contribution in [3.05, 3.63) is 48.5 Å². The lowest BCUT2D eigenvalue weighted by Crippen LogP contribution is -2.41. The van der Waals surface area contributed by atoms with Crippen molar-refractivity contribution in [3.63, 3.8) is 0 Å². The van der Waals surface area contributed by atoms with Crippen LogP contribution in [0.1, 0.15) is 19.8 Å². The van der Waals surface area contributed by atoms with E-state index >= 15 is 0 Å². The first-order chi connectivity index (χ1) is 13.8. The first-order valence-corrected chi connectivity index (χ1v) is 10.7. The number of anilines is 2. The molecule has 1 heterocycles. The molecule has 0 bridgehead atoms. The number of hydrogen-bond acceptors (Lipinski definition) is 5. The minimum absolute atomic E-state index is 0.0303. The van der Waals surface area contributed by atoms with Gasteiger partial charge < -0.3 is 15.0 Å². The number of sulfonamides is 1. The van der Waals surface area contributed by atoms with E-state index in [1.54, 1.807) is 43.2 Å². The van der Waals surface area contributed by atoms with E-state index in [9.17, 15) is 18.0 Å². The molecule has 9 heteroatoms. The second-order valence-corrected chi connectivity index (χ2v) is 8.29. The third-order valence-electron chi connectivity index (χ3n) is 4.66. The Morgan fingerprint density at radius 3 is 2.38 bits per heavy atom. The largest absolute Gasteiger partial charge is 0.497 e. The van der Waals surface area contributed by atoms with Crippen LogP contribution < -0.4 is 19.7 Å². The average molecular weight is 417 g/mol. The molecule has 2 N–H and O–H groups in total. The molecule has 2 aromatic rings. The third-order valence-corrected chi connectivity index (χ3v) is 6.14. The number of rotatable bonds is 7. The summed E-state index contributed by atoms with van der Waals surface area (Å²) < 4.78 is 32.9. The van der Waals surface area contributed by atoms with Crippen LogP contribution in [-0.2, 0) is 19.6 Å². The summed E-state index contributed by atoms with van der Waals surface area (Å²) in [6.07, 6.45) is 0.699. The monoisotopic (exact) mass is 417 g/mol. The van der Waals surface area contributed by atoms with Gasteiger partial charge in [-0.25, -0.2) is 8.42 Å². The maximum absolute atomic E-state index is 12.7. The van der Waals surface area contributed by atoms with Crippen molar-refractivity contribution in [1.29, 1.82) is 0 Å². The van der Waals surface area contributed by atoms with Gasteiger partial charge in [0.25, 0.3) is 0 Å². The molecular weight excluding hydrogens is 394 g/mol. The van der Waals surface area contributed by atoms with Crippen LogP contribution in [0.2, 0.25) is 0 Å². The van der Waals surface area contributed by atoms with Crippen molar-refractivity contribution in [1.82, 2.24) is 4.72 Å². The Hall–Kier alpha value is -2.91. The van der Waals surface area contributed by atoms with Gasteiger partial charge >= 0.3 is 0 Å². The first kappa shape index (κ1) is 20.8. The predicted octanol–water partition coefficient (Wildman–Crippen LogP) is 2.13. The Labute approximate surface area is 169 Å². The van der Waals surface area contributed by atoms with E-state index < -0.39 is 16.1 Å². The lowest BCUT2D eigenvalue weighted by molar-refractivity contribution is -0.118. The Kier molecular flexibility index (Phi) is 6.19. The second kappa shape index (κ2) is 8.62. The standard InChI is InChI=1S/C20H23N3O5S/c1-3-19(24)21-14-4-10-17(11-5-14)29(26,27)22-18-12-13-23(20(18)25)15-6-8-16(28-2)9-7-15/h4-11,18,22H,3,12-13H2,1-2H3,(H,21,24)/t18-/m0/s1. The van der Waals surface area contributed by atoms with Crippen LogP contribution in [0.3, 0.4) is 0 Å². The maximum Gasteiger partial charge on any atom is 0.245 e. The van der Waals surface area contributed by atoms with Crippen molar-refractivity contribution in [2.45, 2.75) is 30.7 Å². The molecule has 1 fully saturated rings. The summed E-state index contributed by atoms with van der Waals surface area (Å²) in [5, 5.41) is 2.66. The molecule has 1 aliphatic rings. The number of amides is 2. The number of ether oxygens (including phenoxy) is 1. The Morgan fingerprint density at radius 1 is 1.14 bits per heavy atom. The van der Waals surface area contributed by atoms with Crippen molar-refractivity contribution >= 4 is 33.2 Å². The fraction of sp³-hybridized carbons (Fsp3) is 0.300.